The van der Waals surface area contributed by atoms with Gasteiger partial charge in [0.2, 0.25) is 11.7 Å². The fourth-order valence-electron chi connectivity index (χ4n) is 2.30. The molecule has 1 heterocycles. The zero-order valence-electron chi connectivity index (χ0n) is 14.4. The van der Waals surface area contributed by atoms with E-state index in [1.54, 1.807) is 42.5 Å². The standard InChI is InChI=1S/C19H18ClN3O3/c1-12(2)25-16-6-4-3-5-15(16)19(24)21-11-17-22-18(23-26-17)13-7-9-14(20)10-8-13/h3-10,12H,11H2,1-2H3,(H,21,24). The number of ether oxygens (including phenoxy) is 1. The molecule has 0 unspecified atom stereocenters. The van der Waals surface area contributed by atoms with Crippen LogP contribution < -0.4 is 10.1 Å². The molecule has 0 radical (unpaired) electrons. The highest BCUT2D eigenvalue weighted by atomic mass is 35.5. The zero-order valence-corrected chi connectivity index (χ0v) is 15.2. The first-order chi connectivity index (χ1) is 12.5. The molecule has 0 saturated heterocycles. The first-order valence-electron chi connectivity index (χ1n) is 8.15. The molecule has 3 rings (SSSR count). The number of hydrogen-bond acceptors (Lipinski definition) is 5. The van der Waals surface area contributed by atoms with Gasteiger partial charge in [0.1, 0.15) is 5.75 Å². The predicted molar refractivity (Wildman–Crippen MR) is 98.1 cm³/mol. The van der Waals surface area contributed by atoms with Crippen LogP contribution in [0.1, 0.15) is 30.1 Å². The Morgan fingerprint density at radius 3 is 2.65 bits per heavy atom. The van der Waals surface area contributed by atoms with Crippen LogP contribution >= 0.6 is 11.6 Å². The molecule has 1 aromatic heterocycles. The Bertz CT molecular complexity index is 891. The normalized spacial score (nSPS) is 10.8. The minimum absolute atomic E-state index is 0.0261. The van der Waals surface area contributed by atoms with Crippen LogP contribution in [0.25, 0.3) is 11.4 Å². The van der Waals surface area contributed by atoms with Gasteiger partial charge in [-0.3, -0.25) is 4.79 Å². The molecule has 7 heteroatoms. The molecule has 26 heavy (non-hydrogen) atoms. The monoisotopic (exact) mass is 371 g/mol. The van der Waals surface area contributed by atoms with E-state index in [4.69, 9.17) is 20.9 Å². The summed E-state index contributed by atoms with van der Waals surface area (Å²) in [7, 11) is 0. The van der Waals surface area contributed by atoms with Gasteiger partial charge >= 0.3 is 0 Å². The van der Waals surface area contributed by atoms with Crippen LogP contribution in [0, 0.1) is 0 Å². The molecule has 0 aliphatic heterocycles. The number of amides is 1. The molecule has 0 aliphatic rings. The van der Waals surface area contributed by atoms with Crippen molar-refractivity contribution in [2.75, 3.05) is 0 Å². The van der Waals surface area contributed by atoms with E-state index in [0.717, 1.165) is 5.56 Å². The van der Waals surface area contributed by atoms with Gasteiger partial charge in [-0.05, 0) is 50.2 Å². The van der Waals surface area contributed by atoms with Gasteiger partial charge in [0.15, 0.2) is 0 Å². The number of carbonyl (C=O) groups is 1. The van der Waals surface area contributed by atoms with Crippen LogP contribution in [0.4, 0.5) is 0 Å². The summed E-state index contributed by atoms with van der Waals surface area (Å²) in [6.07, 6.45) is -0.0261. The van der Waals surface area contributed by atoms with Crippen molar-refractivity contribution in [3.8, 4) is 17.1 Å². The number of carbonyl (C=O) groups excluding carboxylic acids is 1. The highest BCUT2D eigenvalue weighted by Gasteiger charge is 2.15. The van der Waals surface area contributed by atoms with Crippen LogP contribution in [0.3, 0.4) is 0 Å². The summed E-state index contributed by atoms with van der Waals surface area (Å²) in [6.45, 7) is 3.94. The fraction of sp³-hybridized carbons (Fsp3) is 0.211. The van der Waals surface area contributed by atoms with Gasteiger partial charge < -0.3 is 14.6 Å². The fourth-order valence-corrected chi connectivity index (χ4v) is 2.43. The molecule has 0 saturated carbocycles. The molecular formula is C19H18ClN3O3. The van der Waals surface area contributed by atoms with Crippen LogP contribution in [0.5, 0.6) is 5.75 Å². The number of nitrogens with one attached hydrogen (secondary N) is 1. The lowest BCUT2D eigenvalue weighted by atomic mass is 10.2. The average molecular weight is 372 g/mol. The van der Waals surface area contributed by atoms with Crippen LogP contribution in [0.15, 0.2) is 53.1 Å². The highest BCUT2D eigenvalue weighted by Crippen LogP contribution is 2.20. The van der Waals surface area contributed by atoms with Gasteiger partial charge in [0, 0.05) is 10.6 Å². The van der Waals surface area contributed by atoms with Gasteiger partial charge in [0.05, 0.1) is 18.2 Å². The van der Waals surface area contributed by atoms with Crippen LogP contribution in [-0.4, -0.2) is 22.2 Å². The van der Waals surface area contributed by atoms with Crippen molar-refractivity contribution in [1.29, 1.82) is 0 Å². The number of benzene rings is 2. The van der Waals surface area contributed by atoms with Crippen molar-refractivity contribution in [1.82, 2.24) is 15.5 Å². The van der Waals surface area contributed by atoms with Crippen molar-refractivity contribution in [2.45, 2.75) is 26.5 Å². The predicted octanol–water partition coefficient (Wildman–Crippen LogP) is 4.11. The Hall–Kier alpha value is -2.86. The molecule has 134 valence electrons. The van der Waals surface area contributed by atoms with Gasteiger partial charge in [-0.2, -0.15) is 4.98 Å². The molecule has 1 amide bonds. The quantitative estimate of drug-likeness (QED) is 0.705. The Morgan fingerprint density at radius 1 is 1.19 bits per heavy atom. The van der Waals surface area contributed by atoms with Crippen molar-refractivity contribution < 1.29 is 14.1 Å². The van der Waals surface area contributed by atoms with E-state index in [1.807, 2.05) is 19.9 Å². The van der Waals surface area contributed by atoms with Crippen molar-refractivity contribution in [3.63, 3.8) is 0 Å². The van der Waals surface area contributed by atoms with Crippen molar-refractivity contribution >= 4 is 17.5 Å². The molecule has 0 bridgehead atoms. The smallest absolute Gasteiger partial charge is 0.255 e. The van der Waals surface area contributed by atoms with Gasteiger partial charge in [-0.1, -0.05) is 28.9 Å². The van der Waals surface area contributed by atoms with E-state index in [9.17, 15) is 4.79 Å². The lowest BCUT2D eigenvalue weighted by molar-refractivity contribution is 0.0940. The van der Waals surface area contributed by atoms with E-state index in [-0.39, 0.29) is 18.6 Å². The van der Waals surface area contributed by atoms with Gasteiger partial charge in [-0.25, -0.2) is 0 Å². The first-order valence-corrected chi connectivity index (χ1v) is 8.53. The SMILES string of the molecule is CC(C)Oc1ccccc1C(=O)NCc1nc(-c2ccc(Cl)cc2)no1. The lowest BCUT2D eigenvalue weighted by Crippen LogP contribution is -2.24. The average Bonchev–Trinajstić information content (AvgIpc) is 3.09. The summed E-state index contributed by atoms with van der Waals surface area (Å²) in [5.74, 6) is 1.01. The topological polar surface area (TPSA) is 77.2 Å². The summed E-state index contributed by atoms with van der Waals surface area (Å²) in [6, 6.07) is 14.2. The molecule has 0 fully saturated rings. The minimum Gasteiger partial charge on any atom is -0.490 e. The second kappa shape index (κ2) is 8.01. The van der Waals surface area contributed by atoms with Crippen molar-refractivity contribution in [3.05, 3.63) is 65.0 Å². The van der Waals surface area contributed by atoms with Crippen LogP contribution in [0.2, 0.25) is 5.02 Å². The van der Waals surface area contributed by atoms with Gasteiger partial charge in [0.25, 0.3) is 5.91 Å². The third kappa shape index (κ3) is 4.40. The van der Waals surface area contributed by atoms with Crippen LogP contribution in [-0.2, 0) is 6.54 Å². The second-order valence-electron chi connectivity index (χ2n) is 5.86. The third-order valence-electron chi connectivity index (χ3n) is 3.47. The zero-order chi connectivity index (χ0) is 18.5. The van der Waals surface area contributed by atoms with Gasteiger partial charge in [-0.15, -0.1) is 0 Å². The third-order valence-corrected chi connectivity index (χ3v) is 3.72. The molecule has 1 N–H and O–H groups in total. The molecule has 2 aromatic carbocycles. The van der Waals surface area contributed by atoms with E-state index < -0.39 is 0 Å². The maximum Gasteiger partial charge on any atom is 0.255 e. The summed E-state index contributed by atoms with van der Waals surface area (Å²) >= 11 is 5.87. The Labute approximate surface area is 156 Å². The summed E-state index contributed by atoms with van der Waals surface area (Å²) in [4.78, 5) is 16.7. The van der Waals surface area contributed by atoms with E-state index in [0.29, 0.717) is 28.1 Å². The van der Waals surface area contributed by atoms with E-state index in [1.165, 1.54) is 0 Å². The molecule has 0 spiro atoms. The Kier molecular flexibility index (Phi) is 5.53. The van der Waals surface area contributed by atoms with E-state index >= 15 is 0 Å². The molecule has 6 nitrogen and oxygen atoms in total. The summed E-state index contributed by atoms with van der Waals surface area (Å²) < 4.78 is 10.9. The number of para-hydroxylation sites is 1. The number of halogens is 1. The first kappa shape index (κ1) is 17.9. The number of rotatable bonds is 6. The summed E-state index contributed by atoms with van der Waals surface area (Å²) in [5.41, 5.74) is 1.24. The molecule has 0 atom stereocenters. The largest absolute Gasteiger partial charge is 0.490 e. The maximum atomic E-state index is 12.4. The molecule has 0 aliphatic carbocycles. The summed E-state index contributed by atoms with van der Waals surface area (Å²) in [5, 5.41) is 7.32. The second-order valence-corrected chi connectivity index (χ2v) is 6.30. The minimum atomic E-state index is -0.271. The number of aromatic nitrogens is 2. The number of hydrogen-bond donors (Lipinski definition) is 1. The van der Waals surface area contributed by atoms with Crippen molar-refractivity contribution in [2.24, 2.45) is 0 Å². The molecular weight excluding hydrogens is 354 g/mol. The Balaban J connectivity index is 1.66. The maximum absolute atomic E-state index is 12.4. The van der Waals surface area contributed by atoms with E-state index in [2.05, 4.69) is 15.5 Å². The highest BCUT2D eigenvalue weighted by molar-refractivity contribution is 6.30. The number of nitrogens with zero attached hydrogens (tertiary/aromatic N) is 2. The Morgan fingerprint density at radius 2 is 1.92 bits per heavy atom. The molecule has 3 aromatic rings. The lowest BCUT2D eigenvalue weighted by Gasteiger charge is -2.13.